The number of anilines is 2. The first-order chi connectivity index (χ1) is 16.3. The van der Waals surface area contributed by atoms with E-state index in [0.717, 1.165) is 34.4 Å². The Labute approximate surface area is 211 Å². The summed E-state index contributed by atoms with van der Waals surface area (Å²) in [6.45, 7) is 7.69. The van der Waals surface area contributed by atoms with Crippen LogP contribution in [0.25, 0.3) is 22.2 Å². The third-order valence-corrected chi connectivity index (χ3v) is 5.77. The molecule has 3 aromatic carbocycles. The highest BCUT2D eigenvalue weighted by Gasteiger charge is 2.12. The van der Waals surface area contributed by atoms with Gasteiger partial charge in [0.1, 0.15) is 5.52 Å². The highest BCUT2D eigenvalue weighted by atomic mass is 16.1. The predicted octanol–water partition coefficient (Wildman–Crippen LogP) is 3.00. The average molecular weight is 491 g/mol. The van der Waals surface area contributed by atoms with Crippen LogP contribution in [-0.2, 0) is 0 Å². The molecule has 0 unspecified atom stereocenters. The topological polar surface area (TPSA) is 146 Å². The van der Waals surface area contributed by atoms with Crippen molar-refractivity contribution in [2.45, 2.75) is 20.8 Å². The normalized spacial score (nSPS) is 10.5. The molecular weight excluding hydrogens is 456 g/mol. The molecular formula is C27H34N6O3. The van der Waals surface area contributed by atoms with E-state index >= 15 is 0 Å². The molecule has 0 aliphatic rings. The number of carbonyl (C=O) groups excluding carboxylic acids is 1. The number of benzene rings is 3. The molecule has 0 saturated carbocycles. The van der Waals surface area contributed by atoms with E-state index in [2.05, 4.69) is 58.9 Å². The molecule has 1 heterocycles. The summed E-state index contributed by atoms with van der Waals surface area (Å²) >= 11 is 0. The molecule has 0 fully saturated rings. The van der Waals surface area contributed by atoms with Gasteiger partial charge in [0, 0.05) is 24.3 Å². The van der Waals surface area contributed by atoms with Gasteiger partial charge < -0.3 is 26.5 Å². The van der Waals surface area contributed by atoms with Crippen molar-refractivity contribution in [3.05, 3.63) is 76.9 Å². The summed E-state index contributed by atoms with van der Waals surface area (Å²) in [5, 5.41) is 14.8. The van der Waals surface area contributed by atoms with Gasteiger partial charge in [0.05, 0.1) is 5.52 Å². The summed E-state index contributed by atoms with van der Waals surface area (Å²) in [6.07, 6.45) is 0. The van der Waals surface area contributed by atoms with Crippen molar-refractivity contribution in [2.75, 3.05) is 32.5 Å². The van der Waals surface area contributed by atoms with Crippen LogP contribution >= 0.6 is 0 Å². The van der Waals surface area contributed by atoms with Crippen LogP contribution in [0, 0.1) is 20.8 Å². The first-order valence-electron chi connectivity index (χ1n) is 11.3. The summed E-state index contributed by atoms with van der Waals surface area (Å²) in [7, 11) is 3.95. The minimum absolute atomic E-state index is 0. The molecule has 190 valence electrons. The van der Waals surface area contributed by atoms with Gasteiger partial charge in [-0.2, -0.15) is 0 Å². The third-order valence-electron chi connectivity index (χ3n) is 5.77. The van der Waals surface area contributed by atoms with Crippen molar-refractivity contribution in [1.82, 2.24) is 25.4 Å². The van der Waals surface area contributed by atoms with Gasteiger partial charge in [-0.3, -0.25) is 4.79 Å². The van der Waals surface area contributed by atoms with Gasteiger partial charge in [-0.15, -0.1) is 10.2 Å². The number of rotatable bonds is 7. The second-order valence-electron chi connectivity index (χ2n) is 8.82. The molecule has 0 aliphatic carbocycles. The van der Waals surface area contributed by atoms with Gasteiger partial charge in [0.15, 0.2) is 0 Å². The number of fused-ring (bicyclic) bond motifs is 1. The number of aryl methyl sites for hydroxylation is 3. The number of likely N-dealkylation sites (N-methyl/N-ethyl adjacent to an activating group) is 1. The molecule has 0 spiro atoms. The Morgan fingerprint density at radius 1 is 0.889 bits per heavy atom. The number of carbonyl (C=O) groups is 1. The molecule has 0 radical (unpaired) electrons. The second kappa shape index (κ2) is 12.2. The van der Waals surface area contributed by atoms with E-state index in [1.165, 1.54) is 16.7 Å². The zero-order valence-corrected chi connectivity index (χ0v) is 21.3. The fourth-order valence-corrected chi connectivity index (χ4v) is 4.01. The van der Waals surface area contributed by atoms with Crippen molar-refractivity contribution in [2.24, 2.45) is 0 Å². The largest absolute Gasteiger partial charge is 0.412 e. The van der Waals surface area contributed by atoms with Gasteiger partial charge >= 0.3 is 0 Å². The molecule has 4 aromatic rings. The second-order valence-corrected chi connectivity index (χ2v) is 8.82. The van der Waals surface area contributed by atoms with Gasteiger partial charge in [0.25, 0.3) is 5.91 Å². The summed E-state index contributed by atoms with van der Waals surface area (Å²) < 4.78 is 0. The smallest absolute Gasteiger partial charge is 0.251 e. The molecule has 0 bridgehead atoms. The Balaban J connectivity index is 0.00000228. The van der Waals surface area contributed by atoms with Gasteiger partial charge in [0.2, 0.25) is 5.95 Å². The van der Waals surface area contributed by atoms with E-state index in [9.17, 15) is 4.79 Å². The third kappa shape index (κ3) is 6.39. The van der Waals surface area contributed by atoms with Gasteiger partial charge in [-0.1, -0.05) is 18.2 Å². The van der Waals surface area contributed by atoms with Crippen molar-refractivity contribution in [1.29, 1.82) is 0 Å². The van der Waals surface area contributed by atoms with E-state index in [1.54, 1.807) is 12.1 Å². The first-order valence-corrected chi connectivity index (χ1v) is 11.3. The lowest BCUT2D eigenvalue weighted by atomic mass is 9.94. The molecule has 36 heavy (non-hydrogen) atoms. The molecule has 0 saturated heterocycles. The lowest BCUT2D eigenvalue weighted by Gasteiger charge is -2.13. The van der Waals surface area contributed by atoms with E-state index in [-0.39, 0.29) is 16.9 Å². The molecule has 9 heteroatoms. The lowest BCUT2D eigenvalue weighted by molar-refractivity contribution is 0.0951. The van der Waals surface area contributed by atoms with Crippen molar-refractivity contribution in [3.63, 3.8) is 0 Å². The fourth-order valence-electron chi connectivity index (χ4n) is 4.01. The van der Waals surface area contributed by atoms with E-state index in [1.807, 2.05) is 44.1 Å². The molecule has 4 rings (SSSR count). The van der Waals surface area contributed by atoms with Crippen LogP contribution in [0.3, 0.4) is 0 Å². The molecule has 9 nitrogen and oxygen atoms in total. The summed E-state index contributed by atoms with van der Waals surface area (Å²) in [5.41, 5.74) is 8.81. The van der Waals surface area contributed by atoms with E-state index < -0.39 is 0 Å². The average Bonchev–Trinajstić information content (AvgIpc) is 2.79. The van der Waals surface area contributed by atoms with Crippen molar-refractivity contribution >= 4 is 28.6 Å². The van der Waals surface area contributed by atoms with Crippen LogP contribution in [0.1, 0.15) is 27.0 Å². The Bertz CT molecular complexity index is 1320. The van der Waals surface area contributed by atoms with Crippen LogP contribution in [0.15, 0.2) is 54.6 Å². The maximum Gasteiger partial charge on any atom is 0.251 e. The number of hydrogen-bond donors (Lipinski definition) is 2. The maximum absolute atomic E-state index is 12.3. The molecule has 0 atom stereocenters. The number of aromatic nitrogens is 3. The summed E-state index contributed by atoms with van der Waals surface area (Å²) in [6, 6.07) is 17.8. The summed E-state index contributed by atoms with van der Waals surface area (Å²) in [4.78, 5) is 19.0. The molecule has 1 amide bonds. The van der Waals surface area contributed by atoms with Crippen LogP contribution in [-0.4, -0.2) is 64.1 Å². The number of amides is 1. The number of nitrogens with zero attached hydrogens (tertiary/aromatic N) is 4. The Morgan fingerprint density at radius 3 is 2.19 bits per heavy atom. The number of hydrogen-bond acceptors (Lipinski definition) is 6. The van der Waals surface area contributed by atoms with E-state index in [4.69, 9.17) is 4.98 Å². The number of nitrogens with one attached hydrogen (secondary N) is 2. The zero-order chi connectivity index (χ0) is 24.2. The molecule has 1 aromatic heterocycles. The van der Waals surface area contributed by atoms with E-state index in [0.29, 0.717) is 18.1 Å². The van der Waals surface area contributed by atoms with Gasteiger partial charge in [-0.05, 0) is 99.1 Å². The summed E-state index contributed by atoms with van der Waals surface area (Å²) in [5.74, 6) is 0.325. The minimum Gasteiger partial charge on any atom is -0.412 e. The van der Waals surface area contributed by atoms with Crippen LogP contribution in [0.5, 0.6) is 0 Å². The molecule has 6 N–H and O–H groups in total. The van der Waals surface area contributed by atoms with Crippen LogP contribution in [0.2, 0.25) is 0 Å². The standard InChI is InChI=1S/C27H30N6O.2H2O/c1-17-7-6-8-18(2)24(17)21-15-19(3)25-23(16-21)31-32-27(30-25)29-22-11-9-20(10-12-22)26(34)28-13-14-33(4)5;;/h6-12,15-16H,13-14H2,1-5H3,(H,28,34)(H,29,30,32);2*1H2. The first kappa shape index (κ1) is 28.3. The van der Waals surface area contributed by atoms with Crippen LogP contribution in [0.4, 0.5) is 11.6 Å². The fraction of sp³-hybridized carbons (Fsp3) is 0.259. The Kier molecular flexibility index (Phi) is 9.57. The van der Waals surface area contributed by atoms with Crippen molar-refractivity contribution < 1.29 is 15.7 Å². The highest BCUT2D eigenvalue weighted by molar-refractivity contribution is 5.94. The van der Waals surface area contributed by atoms with Crippen LogP contribution < -0.4 is 10.6 Å². The Morgan fingerprint density at radius 2 is 1.56 bits per heavy atom. The SMILES string of the molecule is Cc1cccc(C)c1-c1cc(C)c2nc(Nc3ccc(C(=O)NCCN(C)C)cc3)nnc2c1.O.O. The predicted molar refractivity (Wildman–Crippen MR) is 145 cm³/mol. The lowest BCUT2D eigenvalue weighted by Crippen LogP contribution is -2.31. The van der Waals surface area contributed by atoms with Crippen molar-refractivity contribution in [3.8, 4) is 11.1 Å². The maximum atomic E-state index is 12.3. The Hall–Kier alpha value is -3.92. The highest BCUT2D eigenvalue weighted by Crippen LogP contribution is 2.31. The van der Waals surface area contributed by atoms with Gasteiger partial charge in [-0.25, -0.2) is 4.98 Å². The zero-order valence-electron chi connectivity index (χ0n) is 21.3. The quantitative estimate of drug-likeness (QED) is 0.407. The monoisotopic (exact) mass is 490 g/mol. The minimum atomic E-state index is -0.0904. The molecule has 0 aliphatic heterocycles.